The van der Waals surface area contributed by atoms with E-state index in [1.807, 2.05) is 13.1 Å². The Morgan fingerprint density at radius 2 is 2.29 bits per heavy atom. The summed E-state index contributed by atoms with van der Waals surface area (Å²) in [6.45, 7) is 6.15. The molecule has 2 heterocycles. The zero-order valence-corrected chi connectivity index (χ0v) is 13.6. The molecule has 0 aromatic carbocycles. The Labute approximate surface area is 129 Å². The molecule has 0 bridgehead atoms. The van der Waals surface area contributed by atoms with Crippen LogP contribution in [-0.2, 0) is 11.2 Å². The molecule has 0 aliphatic rings. The molecule has 0 saturated heterocycles. The molecule has 0 radical (unpaired) electrons. The van der Waals surface area contributed by atoms with Crippen LogP contribution in [0.3, 0.4) is 0 Å². The van der Waals surface area contributed by atoms with Gasteiger partial charge < -0.3 is 5.32 Å². The minimum atomic E-state index is 0.0313. The maximum Gasteiger partial charge on any atom is 0.220 e. The lowest BCUT2D eigenvalue weighted by Gasteiger charge is -2.14. The number of amides is 1. The third-order valence-electron chi connectivity index (χ3n) is 3.51. The fraction of sp³-hybridized carbons (Fsp3) is 0.533. The molecule has 21 heavy (non-hydrogen) atoms. The predicted molar refractivity (Wildman–Crippen MR) is 84.3 cm³/mol. The van der Waals surface area contributed by atoms with Crippen molar-refractivity contribution >= 4 is 17.2 Å². The maximum atomic E-state index is 12.0. The van der Waals surface area contributed by atoms with Gasteiger partial charge in [0.2, 0.25) is 5.91 Å². The van der Waals surface area contributed by atoms with Crippen molar-refractivity contribution in [2.45, 2.75) is 52.5 Å². The Bertz CT molecular complexity index is 557. The van der Waals surface area contributed by atoms with Gasteiger partial charge >= 0.3 is 0 Å². The molecule has 2 aromatic rings. The van der Waals surface area contributed by atoms with Crippen molar-refractivity contribution in [3.8, 4) is 0 Å². The predicted octanol–water partition coefficient (Wildman–Crippen LogP) is 3.07. The first-order valence-corrected chi connectivity index (χ1v) is 8.12. The molecule has 2 N–H and O–H groups in total. The smallest absolute Gasteiger partial charge is 0.220 e. The van der Waals surface area contributed by atoms with Crippen LogP contribution in [0.15, 0.2) is 12.4 Å². The third kappa shape index (κ3) is 4.39. The molecule has 0 saturated carbocycles. The molecule has 2 aromatic heterocycles. The first kappa shape index (κ1) is 15.7. The Morgan fingerprint density at radius 3 is 2.86 bits per heavy atom. The fourth-order valence-corrected chi connectivity index (χ4v) is 3.18. The average molecular weight is 306 g/mol. The van der Waals surface area contributed by atoms with E-state index >= 15 is 0 Å². The summed E-state index contributed by atoms with van der Waals surface area (Å²) >= 11 is 1.67. The van der Waals surface area contributed by atoms with Gasteiger partial charge in [0.1, 0.15) is 5.01 Å². The summed E-state index contributed by atoms with van der Waals surface area (Å²) in [5, 5.41) is 10.8. The lowest BCUT2D eigenvalue weighted by atomic mass is 10.1. The number of hydrogen-bond acceptors (Lipinski definition) is 4. The molecule has 0 aliphatic carbocycles. The topological polar surface area (TPSA) is 70.7 Å². The largest absolute Gasteiger partial charge is 0.347 e. The number of hydrogen-bond donors (Lipinski definition) is 2. The second-order valence-electron chi connectivity index (χ2n) is 5.18. The number of aryl methyl sites for hydroxylation is 3. The molecule has 0 spiro atoms. The average Bonchev–Trinajstić information content (AvgIpc) is 3.07. The van der Waals surface area contributed by atoms with E-state index in [1.54, 1.807) is 17.5 Å². The zero-order chi connectivity index (χ0) is 15.2. The summed E-state index contributed by atoms with van der Waals surface area (Å²) in [4.78, 5) is 17.8. The monoisotopic (exact) mass is 306 g/mol. The van der Waals surface area contributed by atoms with E-state index < -0.39 is 0 Å². The minimum Gasteiger partial charge on any atom is -0.347 e. The first-order chi connectivity index (χ1) is 10.1. The number of rotatable bonds is 7. The lowest BCUT2D eigenvalue weighted by molar-refractivity contribution is -0.122. The van der Waals surface area contributed by atoms with Crippen LogP contribution in [0, 0.1) is 13.8 Å². The van der Waals surface area contributed by atoms with E-state index in [1.165, 1.54) is 4.88 Å². The summed E-state index contributed by atoms with van der Waals surface area (Å²) in [6.07, 6.45) is 6.76. The van der Waals surface area contributed by atoms with Gasteiger partial charge in [-0.3, -0.25) is 9.89 Å². The first-order valence-electron chi connectivity index (χ1n) is 7.31. The van der Waals surface area contributed by atoms with Crippen LogP contribution in [0.1, 0.15) is 53.4 Å². The second kappa shape index (κ2) is 7.36. The number of carbonyl (C=O) groups excluding carboxylic acids is 1. The molecule has 1 atom stereocenters. The summed E-state index contributed by atoms with van der Waals surface area (Å²) in [7, 11) is 0. The van der Waals surface area contributed by atoms with Gasteiger partial charge in [-0.2, -0.15) is 5.10 Å². The molecule has 114 valence electrons. The fourth-order valence-electron chi connectivity index (χ4n) is 2.12. The highest BCUT2D eigenvalue weighted by atomic mass is 32.1. The normalized spacial score (nSPS) is 12.3. The van der Waals surface area contributed by atoms with E-state index in [0.717, 1.165) is 35.5 Å². The third-order valence-corrected chi connectivity index (χ3v) is 4.70. The van der Waals surface area contributed by atoms with E-state index in [4.69, 9.17) is 0 Å². The van der Waals surface area contributed by atoms with Gasteiger partial charge in [-0.05, 0) is 38.7 Å². The van der Waals surface area contributed by atoms with Crippen molar-refractivity contribution in [3.63, 3.8) is 0 Å². The minimum absolute atomic E-state index is 0.0313. The van der Waals surface area contributed by atoms with Gasteiger partial charge in [-0.15, -0.1) is 11.3 Å². The summed E-state index contributed by atoms with van der Waals surface area (Å²) < 4.78 is 0. The molecule has 0 aliphatic heterocycles. The quantitative estimate of drug-likeness (QED) is 0.826. The van der Waals surface area contributed by atoms with Crippen LogP contribution in [0.25, 0.3) is 0 Å². The van der Waals surface area contributed by atoms with Crippen LogP contribution >= 0.6 is 11.3 Å². The van der Waals surface area contributed by atoms with Crippen molar-refractivity contribution in [1.82, 2.24) is 20.5 Å². The van der Waals surface area contributed by atoms with Gasteiger partial charge in [0.05, 0.1) is 17.9 Å². The van der Waals surface area contributed by atoms with Gasteiger partial charge in [-0.25, -0.2) is 4.98 Å². The van der Waals surface area contributed by atoms with Crippen molar-refractivity contribution in [3.05, 3.63) is 33.5 Å². The molecular weight excluding hydrogens is 284 g/mol. The summed E-state index contributed by atoms with van der Waals surface area (Å²) in [5.74, 6) is 0.0934. The van der Waals surface area contributed by atoms with Crippen molar-refractivity contribution in [2.24, 2.45) is 0 Å². The van der Waals surface area contributed by atoms with Crippen LogP contribution in [0.5, 0.6) is 0 Å². The Morgan fingerprint density at radius 1 is 1.48 bits per heavy atom. The van der Waals surface area contributed by atoms with Crippen molar-refractivity contribution < 1.29 is 4.79 Å². The number of nitrogens with zero attached hydrogens (tertiary/aromatic N) is 2. The number of aromatic nitrogens is 3. The highest BCUT2D eigenvalue weighted by Gasteiger charge is 2.17. The van der Waals surface area contributed by atoms with Crippen molar-refractivity contribution in [2.75, 3.05) is 0 Å². The van der Waals surface area contributed by atoms with Gasteiger partial charge in [-0.1, -0.05) is 6.92 Å². The van der Waals surface area contributed by atoms with Crippen LogP contribution in [0.4, 0.5) is 0 Å². The van der Waals surface area contributed by atoms with Crippen LogP contribution in [-0.4, -0.2) is 21.1 Å². The molecule has 0 unspecified atom stereocenters. The summed E-state index contributed by atoms with van der Waals surface area (Å²) in [5.41, 5.74) is 2.20. The number of carbonyl (C=O) groups is 1. The van der Waals surface area contributed by atoms with Gasteiger partial charge in [0, 0.05) is 17.5 Å². The summed E-state index contributed by atoms with van der Waals surface area (Å²) in [6, 6.07) is 0.0313. The molecular formula is C15H22N4OS. The zero-order valence-electron chi connectivity index (χ0n) is 12.8. The second-order valence-corrected chi connectivity index (χ2v) is 6.42. The number of aromatic amines is 1. The van der Waals surface area contributed by atoms with Crippen LogP contribution < -0.4 is 5.32 Å². The van der Waals surface area contributed by atoms with E-state index in [-0.39, 0.29) is 11.9 Å². The van der Waals surface area contributed by atoms with Gasteiger partial charge in [0.25, 0.3) is 0 Å². The SMILES string of the molecule is CC[C@@H](NC(=O)CCCc1cn[nH]c1)c1nc(C)c(C)s1. The number of nitrogens with one attached hydrogen (secondary N) is 2. The van der Waals surface area contributed by atoms with Crippen molar-refractivity contribution in [1.29, 1.82) is 0 Å². The molecule has 1 amide bonds. The Kier molecular flexibility index (Phi) is 5.50. The molecule has 5 nitrogen and oxygen atoms in total. The van der Waals surface area contributed by atoms with E-state index in [9.17, 15) is 4.79 Å². The lowest BCUT2D eigenvalue weighted by Crippen LogP contribution is -2.27. The number of H-pyrrole nitrogens is 1. The standard InChI is InChI=1S/C15H22N4OS/c1-4-13(15-18-10(2)11(3)21-15)19-14(20)7-5-6-12-8-16-17-9-12/h8-9,13H,4-7H2,1-3H3,(H,16,17)(H,19,20)/t13-/m1/s1. The number of thiazole rings is 1. The van der Waals surface area contributed by atoms with E-state index in [2.05, 4.69) is 34.3 Å². The van der Waals surface area contributed by atoms with Gasteiger partial charge in [0.15, 0.2) is 0 Å². The Balaban J connectivity index is 1.82. The van der Waals surface area contributed by atoms with Crippen LogP contribution in [0.2, 0.25) is 0 Å². The van der Waals surface area contributed by atoms with E-state index in [0.29, 0.717) is 6.42 Å². The highest BCUT2D eigenvalue weighted by Crippen LogP contribution is 2.24. The maximum absolute atomic E-state index is 12.0. The molecule has 0 fully saturated rings. The highest BCUT2D eigenvalue weighted by molar-refractivity contribution is 7.11. The Hall–Kier alpha value is -1.69. The molecule has 6 heteroatoms. The molecule has 2 rings (SSSR count).